The Bertz CT molecular complexity index is 958. The molecular formula is C13H11N7O2. The van der Waals surface area contributed by atoms with E-state index in [0.717, 1.165) is 11.4 Å². The molecule has 0 saturated carbocycles. The average molecular weight is 297 g/mol. The lowest BCUT2D eigenvalue weighted by Crippen LogP contribution is -2.01. The van der Waals surface area contributed by atoms with Crippen LogP contribution in [0.1, 0.15) is 5.82 Å². The molecule has 0 amide bonds. The zero-order valence-electron chi connectivity index (χ0n) is 11.8. The van der Waals surface area contributed by atoms with Crippen molar-refractivity contribution in [3.63, 3.8) is 0 Å². The maximum Gasteiger partial charge on any atom is 0.244 e. The fraction of sp³-hybridized carbons (Fsp3) is 0.154. The normalized spacial score (nSPS) is 11.2. The molecule has 0 aliphatic heterocycles. The summed E-state index contributed by atoms with van der Waals surface area (Å²) in [6.45, 7) is 1.82. The summed E-state index contributed by atoms with van der Waals surface area (Å²) in [6, 6.07) is 7.46. The van der Waals surface area contributed by atoms with Crippen molar-refractivity contribution in [3.8, 4) is 5.75 Å². The molecule has 3 aromatic heterocycles. The fourth-order valence-electron chi connectivity index (χ4n) is 2.21. The molecule has 0 saturated heterocycles. The van der Waals surface area contributed by atoms with E-state index in [4.69, 9.17) is 9.37 Å². The monoisotopic (exact) mass is 297 g/mol. The molecule has 0 radical (unpaired) electrons. The van der Waals surface area contributed by atoms with Gasteiger partial charge in [-0.05, 0) is 41.5 Å². The van der Waals surface area contributed by atoms with E-state index in [-0.39, 0.29) is 0 Å². The van der Waals surface area contributed by atoms with E-state index in [2.05, 4.69) is 30.8 Å². The third-order valence-corrected chi connectivity index (χ3v) is 3.27. The Balaban J connectivity index is 1.85. The first-order valence-corrected chi connectivity index (χ1v) is 6.51. The number of hydrogen-bond donors (Lipinski definition) is 1. The van der Waals surface area contributed by atoms with Crippen molar-refractivity contribution in [3.05, 3.63) is 30.1 Å². The highest BCUT2D eigenvalue weighted by Gasteiger charge is 2.16. The number of nitrogens with zero attached hydrogens (tertiary/aromatic N) is 6. The van der Waals surface area contributed by atoms with Crippen LogP contribution in [0.4, 0.5) is 11.5 Å². The number of fused-ring (bicyclic) bond motifs is 3. The van der Waals surface area contributed by atoms with Crippen LogP contribution in [0.5, 0.6) is 5.75 Å². The molecule has 1 aromatic carbocycles. The first kappa shape index (κ1) is 12.5. The van der Waals surface area contributed by atoms with Crippen LogP contribution in [0.3, 0.4) is 0 Å². The predicted octanol–water partition coefficient (Wildman–Crippen LogP) is 1.72. The highest BCUT2D eigenvalue weighted by Crippen LogP contribution is 2.24. The quantitative estimate of drug-likeness (QED) is 0.609. The number of ether oxygens (including phenoxy) is 1. The number of benzene rings is 1. The minimum atomic E-state index is 0.381. The third-order valence-electron chi connectivity index (χ3n) is 3.27. The maximum atomic E-state index is 5.14. The van der Waals surface area contributed by atoms with Gasteiger partial charge >= 0.3 is 0 Å². The molecule has 4 aromatic rings. The Morgan fingerprint density at radius 2 is 1.91 bits per heavy atom. The molecule has 3 heterocycles. The lowest BCUT2D eigenvalue weighted by atomic mass is 10.3. The van der Waals surface area contributed by atoms with Gasteiger partial charge in [0.1, 0.15) is 11.6 Å². The van der Waals surface area contributed by atoms with Crippen LogP contribution < -0.4 is 10.1 Å². The Morgan fingerprint density at radius 3 is 2.68 bits per heavy atom. The standard InChI is InChI=1S/C13H11N7O2/c1-7-16-17-12-10(14-8-3-5-9(21-2)6-4-8)15-11-13(20(7)12)19-22-18-11/h3-6H,1-2H3,(H,14,15,18). The largest absolute Gasteiger partial charge is 0.497 e. The number of nitrogens with one attached hydrogen (secondary N) is 1. The van der Waals surface area contributed by atoms with Crippen LogP contribution >= 0.6 is 0 Å². The second-order valence-corrected chi connectivity index (χ2v) is 4.63. The molecule has 9 nitrogen and oxygen atoms in total. The highest BCUT2D eigenvalue weighted by atomic mass is 16.6. The zero-order valence-corrected chi connectivity index (χ0v) is 11.8. The van der Waals surface area contributed by atoms with Crippen molar-refractivity contribution >= 4 is 28.4 Å². The minimum Gasteiger partial charge on any atom is -0.497 e. The predicted molar refractivity (Wildman–Crippen MR) is 77.2 cm³/mol. The van der Waals surface area contributed by atoms with Crippen molar-refractivity contribution in [1.82, 2.24) is 29.9 Å². The van der Waals surface area contributed by atoms with Crippen molar-refractivity contribution in [2.24, 2.45) is 0 Å². The van der Waals surface area contributed by atoms with E-state index < -0.39 is 0 Å². The van der Waals surface area contributed by atoms with Gasteiger partial charge in [0.2, 0.25) is 16.9 Å². The van der Waals surface area contributed by atoms with Crippen LogP contribution in [0.15, 0.2) is 28.9 Å². The maximum absolute atomic E-state index is 5.14. The molecule has 0 fully saturated rings. The van der Waals surface area contributed by atoms with Crippen LogP contribution in [-0.2, 0) is 0 Å². The van der Waals surface area contributed by atoms with Crippen molar-refractivity contribution in [2.45, 2.75) is 6.92 Å². The zero-order chi connectivity index (χ0) is 15.1. The van der Waals surface area contributed by atoms with Gasteiger partial charge < -0.3 is 10.1 Å². The summed E-state index contributed by atoms with van der Waals surface area (Å²) >= 11 is 0. The number of aromatic nitrogens is 6. The first-order valence-electron chi connectivity index (χ1n) is 6.51. The average Bonchev–Trinajstić information content (AvgIpc) is 3.14. The Hall–Kier alpha value is -3.23. The van der Waals surface area contributed by atoms with Gasteiger partial charge in [-0.1, -0.05) is 0 Å². The van der Waals surface area contributed by atoms with E-state index in [0.29, 0.717) is 28.6 Å². The van der Waals surface area contributed by atoms with Gasteiger partial charge in [-0.2, -0.15) is 0 Å². The van der Waals surface area contributed by atoms with Crippen molar-refractivity contribution < 1.29 is 9.37 Å². The molecule has 22 heavy (non-hydrogen) atoms. The summed E-state index contributed by atoms with van der Waals surface area (Å²) in [4.78, 5) is 4.38. The second kappa shape index (κ2) is 4.65. The molecule has 0 aliphatic carbocycles. The smallest absolute Gasteiger partial charge is 0.244 e. The summed E-state index contributed by atoms with van der Waals surface area (Å²) in [5.41, 5.74) is 2.26. The Labute approximate surface area is 123 Å². The molecular weight excluding hydrogens is 286 g/mol. The lowest BCUT2D eigenvalue weighted by Gasteiger charge is -2.07. The lowest BCUT2D eigenvalue weighted by molar-refractivity contribution is 0.313. The number of anilines is 2. The molecule has 0 spiro atoms. The SMILES string of the molecule is COc1ccc(Nc2nc3nonc3n3c(C)nnc23)cc1. The summed E-state index contributed by atoms with van der Waals surface area (Å²) in [5, 5.41) is 19.0. The van der Waals surface area contributed by atoms with Gasteiger partial charge in [-0.3, -0.25) is 4.40 Å². The first-order chi connectivity index (χ1) is 10.8. The summed E-state index contributed by atoms with van der Waals surface area (Å²) in [6.07, 6.45) is 0. The molecule has 0 unspecified atom stereocenters. The second-order valence-electron chi connectivity index (χ2n) is 4.63. The summed E-state index contributed by atoms with van der Waals surface area (Å²) in [5.74, 6) is 1.97. The van der Waals surface area contributed by atoms with Gasteiger partial charge in [0.15, 0.2) is 5.82 Å². The van der Waals surface area contributed by atoms with Crippen LogP contribution in [0.25, 0.3) is 16.9 Å². The fourth-order valence-corrected chi connectivity index (χ4v) is 2.21. The van der Waals surface area contributed by atoms with E-state index in [1.165, 1.54) is 0 Å². The Morgan fingerprint density at radius 1 is 1.09 bits per heavy atom. The highest BCUT2D eigenvalue weighted by molar-refractivity contribution is 5.79. The van der Waals surface area contributed by atoms with Crippen LogP contribution in [-0.4, -0.2) is 37.0 Å². The van der Waals surface area contributed by atoms with E-state index >= 15 is 0 Å². The number of aryl methyl sites for hydroxylation is 1. The van der Waals surface area contributed by atoms with E-state index in [1.807, 2.05) is 31.2 Å². The summed E-state index contributed by atoms with van der Waals surface area (Å²) < 4.78 is 11.6. The van der Waals surface area contributed by atoms with Crippen LogP contribution in [0, 0.1) is 6.92 Å². The third kappa shape index (κ3) is 1.83. The van der Waals surface area contributed by atoms with Gasteiger partial charge in [-0.25, -0.2) is 9.61 Å². The molecule has 0 bridgehead atoms. The van der Waals surface area contributed by atoms with Crippen LogP contribution in [0.2, 0.25) is 0 Å². The van der Waals surface area contributed by atoms with Gasteiger partial charge in [0, 0.05) is 5.69 Å². The summed E-state index contributed by atoms with van der Waals surface area (Å²) in [7, 11) is 1.62. The van der Waals surface area contributed by atoms with Gasteiger partial charge in [-0.15, -0.1) is 10.2 Å². The number of methoxy groups -OCH3 is 1. The molecule has 4 rings (SSSR count). The molecule has 110 valence electrons. The van der Waals surface area contributed by atoms with Crippen molar-refractivity contribution in [2.75, 3.05) is 12.4 Å². The number of rotatable bonds is 3. The molecule has 1 N–H and O–H groups in total. The molecule has 9 heteroatoms. The Kier molecular flexibility index (Phi) is 2.65. The topological polar surface area (TPSA) is 103 Å². The molecule has 0 atom stereocenters. The van der Waals surface area contributed by atoms with E-state index in [9.17, 15) is 0 Å². The van der Waals surface area contributed by atoms with E-state index in [1.54, 1.807) is 11.5 Å². The molecule has 0 aliphatic rings. The van der Waals surface area contributed by atoms with Crippen molar-refractivity contribution in [1.29, 1.82) is 0 Å². The minimum absolute atomic E-state index is 0.381. The van der Waals surface area contributed by atoms with Gasteiger partial charge in [0.05, 0.1) is 7.11 Å². The van der Waals surface area contributed by atoms with Gasteiger partial charge in [0.25, 0.3) is 0 Å². The number of hydrogen-bond acceptors (Lipinski definition) is 8.